The molecule has 1 atom stereocenters. The fraction of sp³-hybridized carbons (Fsp3) is 0.318. The summed E-state index contributed by atoms with van der Waals surface area (Å²) in [6, 6.07) is 8.82. The average Bonchev–Trinajstić information content (AvgIpc) is 3.09. The van der Waals surface area contributed by atoms with Gasteiger partial charge in [-0.1, -0.05) is 32.6 Å². The van der Waals surface area contributed by atoms with Crippen LogP contribution in [0.15, 0.2) is 43.0 Å². The number of aromatic amines is 1. The molecule has 3 rings (SSSR count). The zero-order chi connectivity index (χ0) is 21.6. The molecular formula is C22H31N5O2. The van der Waals surface area contributed by atoms with E-state index in [2.05, 4.69) is 16.5 Å². The maximum Gasteiger partial charge on any atom is 0.246 e. The number of hydrogen-bond acceptors (Lipinski definition) is 5. The van der Waals surface area contributed by atoms with Gasteiger partial charge in [0.05, 0.1) is 6.04 Å². The van der Waals surface area contributed by atoms with Crippen molar-refractivity contribution in [3.8, 4) is 5.75 Å². The van der Waals surface area contributed by atoms with Gasteiger partial charge in [0.1, 0.15) is 11.6 Å². The van der Waals surface area contributed by atoms with Crippen molar-refractivity contribution < 1.29 is 9.90 Å². The Morgan fingerprint density at radius 2 is 2.00 bits per heavy atom. The first kappa shape index (κ1) is 22.1. The summed E-state index contributed by atoms with van der Waals surface area (Å²) >= 11 is 0. The molecule has 0 spiro atoms. The molecule has 1 aliphatic heterocycles. The largest absolute Gasteiger partial charge is 0.507 e. The molecule has 2 aromatic rings. The van der Waals surface area contributed by atoms with Crippen LogP contribution >= 0.6 is 0 Å². The highest BCUT2D eigenvalue weighted by Crippen LogP contribution is 2.29. The molecule has 0 saturated carbocycles. The summed E-state index contributed by atoms with van der Waals surface area (Å²) in [4.78, 5) is 19.1. The van der Waals surface area contributed by atoms with Gasteiger partial charge in [-0.2, -0.15) is 0 Å². The van der Waals surface area contributed by atoms with Gasteiger partial charge < -0.3 is 26.5 Å². The second-order valence-corrected chi connectivity index (χ2v) is 6.70. The van der Waals surface area contributed by atoms with E-state index in [9.17, 15) is 9.90 Å². The van der Waals surface area contributed by atoms with E-state index in [1.165, 1.54) is 6.08 Å². The van der Waals surface area contributed by atoms with Crippen LogP contribution in [0.1, 0.15) is 36.7 Å². The molecule has 156 valence electrons. The third-order valence-electron chi connectivity index (χ3n) is 4.92. The lowest BCUT2D eigenvalue weighted by Gasteiger charge is -2.38. The number of carbonyl (C=O) groups is 1. The predicted octanol–water partition coefficient (Wildman–Crippen LogP) is 2.79. The van der Waals surface area contributed by atoms with E-state index in [1.54, 1.807) is 29.2 Å². The number of nitrogens with one attached hydrogen (secondary N) is 1. The number of aromatic hydroxyl groups is 1. The molecule has 1 fully saturated rings. The number of phenols is 1. The van der Waals surface area contributed by atoms with Crippen molar-refractivity contribution in [2.24, 2.45) is 5.73 Å². The van der Waals surface area contributed by atoms with Crippen molar-refractivity contribution in [1.82, 2.24) is 14.8 Å². The van der Waals surface area contributed by atoms with Gasteiger partial charge in [0, 0.05) is 42.2 Å². The minimum Gasteiger partial charge on any atom is -0.507 e. The summed E-state index contributed by atoms with van der Waals surface area (Å²) in [6.07, 6.45) is 3.08. The highest BCUT2D eigenvalue weighted by Gasteiger charge is 2.28. The quantitative estimate of drug-likeness (QED) is 0.593. The molecule has 1 amide bonds. The number of H-pyrrole nitrogens is 1. The van der Waals surface area contributed by atoms with Gasteiger partial charge in [-0.15, -0.1) is 0 Å². The number of nitrogens with zero attached hydrogens (tertiary/aromatic N) is 2. The number of nitrogen functional groups attached to an aromatic ring is 1. The molecule has 1 unspecified atom stereocenters. The topological polar surface area (TPSA) is 112 Å². The maximum atomic E-state index is 12.0. The van der Waals surface area contributed by atoms with Crippen LogP contribution in [0, 0.1) is 0 Å². The standard InChI is InChI=1S/C20H25N5O2.C2H6/c1-3-19(27)25-9-8-24(2)17(12-25)16-11-13(20(22)23-16)10-15(21)14-6-4-5-7-18(14)26;1-2/h3-7,10-11,17,23,26H,1,8-9,12,21-22H2,2H3;1-2H3/b15-10-;. The molecule has 1 aromatic heterocycles. The average molecular weight is 398 g/mol. The van der Waals surface area contributed by atoms with Crippen LogP contribution < -0.4 is 11.5 Å². The Bertz CT molecular complexity index is 887. The second kappa shape index (κ2) is 9.84. The summed E-state index contributed by atoms with van der Waals surface area (Å²) in [7, 11) is 2.02. The highest BCUT2D eigenvalue weighted by atomic mass is 16.3. The second-order valence-electron chi connectivity index (χ2n) is 6.70. The number of amides is 1. The summed E-state index contributed by atoms with van der Waals surface area (Å²) in [5.74, 6) is 0.534. The SMILES string of the molecule is C=CC(=O)N1CCN(C)C(c2cc(/C=C(\N)c3ccccc3O)c(N)[nH]2)C1.CC. The van der Waals surface area contributed by atoms with Crippen LogP contribution in [-0.2, 0) is 4.79 Å². The van der Waals surface area contributed by atoms with Crippen molar-refractivity contribution in [2.75, 3.05) is 32.4 Å². The van der Waals surface area contributed by atoms with Gasteiger partial charge in [0.2, 0.25) is 5.91 Å². The first-order valence-corrected chi connectivity index (χ1v) is 9.76. The Balaban J connectivity index is 0.00000145. The van der Waals surface area contributed by atoms with E-state index in [4.69, 9.17) is 11.5 Å². The lowest BCUT2D eigenvalue weighted by atomic mass is 10.1. The zero-order valence-electron chi connectivity index (χ0n) is 17.4. The maximum absolute atomic E-state index is 12.0. The number of hydrogen-bond donors (Lipinski definition) is 4. The summed E-state index contributed by atoms with van der Waals surface area (Å²) in [5, 5.41) is 9.96. The van der Waals surface area contributed by atoms with Gasteiger partial charge in [0.25, 0.3) is 0 Å². The predicted molar refractivity (Wildman–Crippen MR) is 119 cm³/mol. The number of aromatic nitrogens is 1. The van der Waals surface area contributed by atoms with E-state index < -0.39 is 0 Å². The van der Waals surface area contributed by atoms with E-state index in [1.807, 2.05) is 33.0 Å². The molecule has 1 saturated heterocycles. The molecule has 2 heterocycles. The summed E-state index contributed by atoms with van der Waals surface area (Å²) in [6.45, 7) is 9.55. The highest BCUT2D eigenvalue weighted by molar-refractivity contribution is 5.87. The van der Waals surface area contributed by atoms with Crippen molar-refractivity contribution in [1.29, 1.82) is 0 Å². The minimum absolute atomic E-state index is 0.00143. The Hall–Kier alpha value is -3.19. The number of piperazine rings is 1. The number of carbonyl (C=O) groups excluding carboxylic acids is 1. The molecule has 0 bridgehead atoms. The smallest absolute Gasteiger partial charge is 0.246 e. The van der Waals surface area contributed by atoms with E-state index in [-0.39, 0.29) is 17.7 Å². The number of nitrogens with two attached hydrogens (primary N) is 2. The molecule has 0 aliphatic carbocycles. The molecular weight excluding hydrogens is 366 g/mol. The van der Waals surface area contributed by atoms with E-state index in [0.29, 0.717) is 30.2 Å². The molecule has 7 nitrogen and oxygen atoms in total. The van der Waals surface area contributed by atoms with Gasteiger partial charge in [0.15, 0.2) is 0 Å². The first-order chi connectivity index (χ1) is 13.9. The normalized spacial score (nSPS) is 17.4. The van der Waals surface area contributed by atoms with Gasteiger partial charge in [-0.3, -0.25) is 9.69 Å². The molecule has 0 radical (unpaired) electrons. The van der Waals surface area contributed by atoms with Gasteiger partial charge >= 0.3 is 0 Å². The Kier molecular flexibility index (Phi) is 7.50. The third-order valence-corrected chi connectivity index (χ3v) is 4.92. The van der Waals surface area contributed by atoms with E-state index >= 15 is 0 Å². The zero-order valence-corrected chi connectivity index (χ0v) is 17.4. The molecule has 6 N–H and O–H groups in total. The van der Waals surface area contributed by atoms with Gasteiger partial charge in [-0.25, -0.2) is 0 Å². The van der Waals surface area contributed by atoms with E-state index in [0.717, 1.165) is 17.8 Å². The number of phenolic OH excluding ortho intramolecular Hbond substituents is 1. The molecule has 1 aromatic carbocycles. The number of rotatable bonds is 4. The molecule has 29 heavy (non-hydrogen) atoms. The van der Waals surface area contributed by atoms with Crippen molar-refractivity contribution in [3.05, 3.63) is 59.8 Å². The number of anilines is 1. The van der Waals surface area contributed by atoms with Crippen LogP contribution in [0.2, 0.25) is 0 Å². The van der Waals surface area contributed by atoms with Crippen molar-refractivity contribution in [2.45, 2.75) is 19.9 Å². The van der Waals surface area contributed by atoms with Crippen LogP contribution in [0.3, 0.4) is 0 Å². The van der Waals surface area contributed by atoms with Crippen LogP contribution in [-0.4, -0.2) is 52.5 Å². The minimum atomic E-state index is -0.0726. The molecule has 1 aliphatic rings. The van der Waals surface area contributed by atoms with Crippen LogP contribution in [0.5, 0.6) is 5.75 Å². The number of benzene rings is 1. The Morgan fingerprint density at radius 3 is 2.66 bits per heavy atom. The Labute approximate surface area is 172 Å². The fourth-order valence-corrected chi connectivity index (χ4v) is 3.31. The first-order valence-electron chi connectivity index (χ1n) is 9.76. The Morgan fingerprint density at radius 1 is 1.31 bits per heavy atom. The van der Waals surface area contributed by atoms with Crippen molar-refractivity contribution in [3.63, 3.8) is 0 Å². The lowest BCUT2D eigenvalue weighted by molar-refractivity contribution is -0.128. The summed E-state index contributed by atoms with van der Waals surface area (Å²) in [5.41, 5.74) is 14.9. The lowest BCUT2D eigenvalue weighted by Crippen LogP contribution is -2.48. The van der Waals surface area contributed by atoms with Crippen LogP contribution in [0.25, 0.3) is 11.8 Å². The third kappa shape index (κ3) is 5.00. The monoisotopic (exact) mass is 397 g/mol. The van der Waals surface area contributed by atoms with Gasteiger partial charge in [-0.05, 0) is 37.4 Å². The molecule has 7 heteroatoms. The number of para-hydroxylation sites is 1. The van der Waals surface area contributed by atoms with Crippen molar-refractivity contribution >= 4 is 23.5 Å². The fourth-order valence-electron chi connectivity index (χ4n) is 3.31. The van der Waals surface area contributed by atoms with Crippen LogP contribution in [0.4, 0.5) is 5.82 Å². The number of likely N-dealkylation sites (N-methyl/N-ethyl adjacent to an activating group) is 1. The summed E-state index contributed by atoms with van der Waals surface area (Å²) < 4.78 is 0.